The first-order valence-electron chi connectivity index (χ1n) is 7.41. The summed E-state index contributed by atoms with van der Waals surface area (Å²) in [6, 6.07) is 4.58. The van der Waals surface area contributed by atoms with E-state index in [1.807, 2.05) is 19.9 Å². The predicted molar refractivity (Wildman–Crippen MR) is 82.9 cm³/mol. The zero-order chi connectivity index (χ0) is 16.7. The van der Waals surface area contributed by atoms with Crippen LogP contribution < -0.4 is 10.3 Å². The molecule has 23 heavy (non-hydrogen) atoms. The monoisotopic (exact) mass is 315 g/mol. The first-order chi connectivity index (χ1) is 11.0. The molecule has 7 heteroatoms. The van der Waals surface area contributed by atoms with E-state index in [0.717, 1.165) is 16.0 Å². The molecule has 0 unspecified atom stereocenters. The molecular weight excluding hydrogens is 298 g/mol. The van der Waals surface area contributed by atoms with Gasteiger partial charge in [-0.1, -0.05) is 12.1 Å². The minimum atomic E-state index is -0.929. The zero-order valence-corrected chi connectivity index (χ0v) is 13.1. The van der Waals surface area contributed by atoms with Crippen LogP contribution in [0.25, 0.3) is 0 Å². The fourth-order valence-corrected chi connectivity index (χ4v) is 2.88. The number of amides is 2. The van der Waals surface area contributed by atoms with Crippen molar-refractivity contribution in [1.82, 2.24) is 5.43 Å². The summed E-state index contributed by atoms with van der Waals surface area (Å²) in [4.78, 5) is 38.4. The van der Waals surface area contributed by atoms with E-state index in [1.165, 1.54) is 0 Å². The second kappa shape index (κ2) is 5.49. The van der Waals surface area contributed by atoms with E-state index < -0.39 is 29.7 Å². The number of esters is 1. The van der Waals surface area contributed by atoms with Crippen LogP contribution in [0.5, 0.6) is 0 Å². The largest absolute Gasteiger partial charge is 0.461 e. The average molecular weight is 315 g/mol. The third kappa shape index (κ3) is 2.19. The number of ether oxygens (including phenoxy) is 1. The van der Waals surface area contributed by atoms with Crippen molar-refractivity contribution in [3.8, 4) is 0 Å². The minimum absolute atomic E-state index is 0.0389. The van der Waals surface area contributed by atoms with Crippen molar-refractivity contribution in [3.05, 3.63) is 29.3 Å². The van der Waals surface area contributed by atoms with Crippen LogP contribution in [0.1, 0.15) is 18.1 Å². The van der Waals surface area contributed by atoms with Gasteiger partial charge in [0.05, 0.1) is 12.3 Å². The first-order valence-corrected chi connectivity index (χ1v) is 7.41. The molecule has 2 aliphatic heterocycles. The quantitative estimate of drug-likeness (QED) is 0.655. The van der Waals surface area contributed by atoms with E-state index in [9.17, 15) is 14.4 Å². The zero-order valence-electron chi connectivity index (χ0n) is 13.1. The van der Waals surface area contributed by atoms with E-state index in [2.05, 4.69) is 10.5 Å². The molecule has 1 saturated heterocycles. The highest BCUT2D eigenvalue weighted by atomic mass is 16.5. The molecule has 2 amide bonds. The van der Waals surface area contributed by atoms with Gasteiger partial charge in [-0.05, 0) is 38.0 Å². The lowest BCUT2D eigenvalue weighted by molar-refractivity contribution is -0.136. The number of hydrogen-bond acceptors (Lipinski definition) is 6. The Morgan fingerprint density at radius 2 is 2.04 bits per heavy atom. The van der Waals surface area contributed by atoms with E-state index in [4.69, 9.17) is 4.74 Å². The number of fused-ring (bicyclic) bond motifs is 1. The smallest absolute Gasteiger partial charge is 0.355 e. The van der Waals surface area contributed by atoms with E-state index in [-0.39, 0.29) is 12.3 Å². The summed E-state index contributed by atoms with van der Waals surface area (Å²) < 4.78 is 4.91. The Hall–Kier alpha value is -2.70. The second-order valence-corrected chi connectivity index (χ2v) is 5.53. The van der Waals surface area contributed by atoms with Gasteiger partial charge in [-0.2, -0.15) is 5.10 Å². The number of carbonyl (C=O) groups is 3. The van der Waals surface area contributed by atoms with Crippen LogP contribution in [-0.4, -0.2) is 36.1 Å². The lowest BCUT2D eigenvalue weighted by Crippen LogP contribution is -2.36. The molecule has 120 valence electrons. The summed E-state index contributed by atoms with van der Waals surface area (Å²) in [6.45, 7) is 5.61. The molecule has 0 spiro atoms. The first kappa shape index (κ1) is 15.2. The van der Waals surface area contributed by atoms with Crippen molar-refractivity contribution in [3.63, 3.8) is 0 Å². The number of aryl methyl sites for hydroxylation is 1. The molecule has 0 bridgehead atoms. The Balaban J connectivity index is 1.97. The Morgan fingerprint density at radius 3 is 2.74 bits per heavy atom. The van der Waals surface area contributed by atoms with Gasteiger partial charge in [0, 0.05) is 0 Å². The third-order valence-corrected chi connectivity index (χ3v) is 4.23. The van der Waals surface area contributed by atoms with E-state index in [0.29, 0.717) is 5.69 Å². The number of hydrazone groups is 1. The fourth-order valence-electron chi connectivity index (χ4n) is 2.88. The van der Waals surface area contributed by atoms with Gasteiger partial charge in [0.1, 0.15) is 12.0 Å². The van der Waals surface area contributed by atoms with E-state index in [1.54, 1.807) is 19.1 Å². The van der Waals surface area contributed by atoms with Gasteiger partial charge in [-0.15, -0.1) is 0 Å². The van der Waals surface area contributed by atoms with Crippen LogP contribution in [0.2, 0.25) is 0 Å². The van der Waals surface area contributed by atoms with Crippen molar-refractivity contribution in [2.24, 2.45) is 11.0 Å². The lowest BCUT2D eigenvalue weighted by atomic mass is 9.99. The molecular formula is C16H17N3O4. The highest BCUT2D eigenvalue weighted by Crippen LogP contribution is 2.33. The highest BCUT2D eigenvalue weighted by molar-refractivity contribution is 6.46. The topological polar surface area (TPSA) is 88.1 Å². The molecule has 1 aromatic rings. The standard InChI is InChI=1S/C16H17N3O4/c1-4-23-16(22)13-11-12(17-18-13)15(21)19(14(11)20)10-7-5-6-8(2)9(10)3/h5-7,11-12,17H,4H2,1-3H3/t11-,12-/m0/s1. The van der Waals surface area contributed by atoms with Crippen molar-refractivity contribution in [2.75, 3.05) is 11.5 Å². The van der Waals surface area contributed by atoms with Crippen LogP contribution in [0.4, 0.5) is 5.69 Å². The van der Waals surface area contributed by atoms with Crippen LogP contribution in [0, 0.1) is 19.8 Å². The summed E-state index contributed by atoms with van der Waals surface area (Å²) >= 11 is 0. The average Bonchev–Trinajstić information content (AvgIpc) is 3.05. The molecule has 7 nitrogen and oxygen atoms in total. The summed E-state index contributed by atoms with van der Waals surface area (Å²) in [7, 11) is 0. The molecule has 0 saturated carbocycles. The predicted octanol–water partition coefficient (Wildman–Crippen LogP) is 0.684. The summed E-state index contributed by atoms with van der Waals surface area (Å²) in [6.07, 6.45) is 0. The molecule has 1 fully saturated rings. The number of carbonyl (C=O) groups excluding carboxylic acids is 3. The molecule has 0 aromatic heterocycles. The molecule has 2 heterocycles. The lowest BCUT2D eigenvalue weighted by Gasteiger charge is -2.19. The van der Waals surface area contributed by atoms with Crippen molar-refractivity contribution < 1.29 is 19.1 Å². The van der Waals surface area contributed by atoms with Gasteiger partial charge in [0.2, 0.25) is 5.91 Å². The van der Waals surface area contributed by atoms with Crippen LogP contribution in [-0.2, 0) is 19.1 Å². The molecule has 3 rings (SSSR count). The maximum absolute atomic E-state index is 12.8. The van der Waals surface area contributed by atoms with Crippen molar-refractivity contribution in [1.29, 1.82) is 0 Å². The molecule has 0 aliphatic carbocycles. The molecule has 1 N–H and O–H groups in total. The minimum Gasteiger partial charge on any atom is -0.461 e. The summed E-state index contributed by atoms with van der Waals surface area (Å²) in [5.41, 5.74) is 4.93. The number of anilines is 1. The maximum atomic E-state index is 12.8. The summed E-state index contributed by atoms with van der Waals surface area (Å²) in [5.74, 6) is -2.46. The SMILES string of the molecule is CCOC(=O)C1=NN[C@@H]2C(=O)N(c3cccc(C)c3C)C(=O)[C@H]12. The number of hydrogen-bond donors (Lipinski definition) is 1. The van der Waals surface area contributed by atoms with Gasteiger partial charge in [0.15, 0.2) is 5.71 Å². The summed E-state index contributed by atoms with van der Waals surface area (Å²) in [5, 5.41) is 3.83. The molecule has 0 radical (unpaired) electrons. The number of benzene rings is 1. The number of nitrogens with one attached hydrogen (secondary N) is 1. The normalized spacial score (nSPS) is 22.7. The van der Waals surface area contributed by atoms with Gasteiger partial charge in [-0.3, -0.25) is 15.0 Å². The number of imide groups is 1. The number of rotatable bonds is 3. The van der Waals surface area contributed by atoms with Crippen LogP contribution in [0.3, 0.4) is 0 Å². The van der Waals surface area contributed by atoms with Crippen LogP contribution in [0.15, 0.2) is 23.3 Å². The van der Waals surface area contributed by atoms with Gasteiger partial charge in [0.25, 0.3) is 5.91 Å². The van der Waals surface area contributed by atoms with Gasteiger partial charge < -0.3 is 4.74 Å². The Morgan fingerprint density at radius 1 is 1.30 bits per heavy atom. The van der Waals surface area contributed by atoms with Crippen LogP contribution >= 0.6 is 0 Å². The van der Waals surface area contributed by atoms with E-state index >= 15 is 0 Å². The Kier molecular flexibility index (Phi) is 3.63. The number of nitrogens with zero attached hydrogens (tertiary/aromatic N) is 2. The van der Waals surface area contributed by atoms with Gasteiger partial charge in [-0.25, -0.2) is 9.69 Å². The molecule has 2 aliphatic rings. The van der Waals surface area contributed by atoms with Crippen molar-refractivity contribution in [2.45, 2.75) is 26.8 Å². The Labute approximate surface area is 133 Å². The maximum Gasteiger partial charge on any atom is 0.355 e. The highest BCUT2D eigenvalue weighted by Gasteiger charge is 2.56. The second-order valence-electron chi connectivity index (χ2n) is 5.53. The third-order valence-electron chi connectivity index (χ3n) is 4.23. The fraction of sp³-hybridized carbons (Fsp3) is 0.375. The Bertz CT molecular complexity index is 741. The van der Waals surface area contributed by atoms with Gasteiger partial charge >= 0.3 is 5.97 Å². The molecule has 2 atom stereocenters. The molecule has 1 aromatic carbocycles. The van der Waals surface area contributed by atoms with Crippen molar-refractivity contribution >= 4 is 29.2 Å².